The summed E-state index contributed by atoms with van der Waals surface area (Å²) in [4.78, 5) is 23.8. The number of nitrogens with one attached hydrogen (secondary N) is 2. The highest BCUT2D eigenvalue weighted by Crippen LogP contribution is 2.13. The number of hydrogen-bond donors (Lipinski definition) is 2. The van der Waals surface area contributed by atoms with E-state index in [4.69, 9.17) is 0 Å². The van der Waals surface area contributed by atoms with E-state index in [1.807, 2.05) is 76.2 Å². The third-order valence-corrected chi connectivity index (χ3v) is 4.90. The fourth-order valence-electron chi connectivity index (χ4n) is 2.38. The molecule has 0 unspecified atom stereocenters. The van der Waals surface area contributed by atoms with E-state index in [-0.39, 0.29) is 23.7 Å². The smallest absolute Gasteiger partial charge is 0.227 e. The minimum Gasteiger partial charge on any atom is -0.326 e. The van der Waals surface area contributed by atoms with Gasteiger partial charge in [-0.3, -0.25) is 9.59 Å². The highest BCUT2D eigenvalue weighted by Gasteiger charge is 2.10. The molecule has 0 bridgehead atoms. The van der Waals surface area contributed by atoms with E-state index in [0.29, 0.717) is 0 Å². The van der Waals surface area contributed by atoms with Crippen molar-refractivity contribution >= 4 is 23.2 Å². The van der Waals surface area contributed by atoms with Crippen molar-refractivity contribution in [1.82, 2.24) is 0 Å². The fourth-order valence-corrected chi connectivity index (χ4v) is 2.38. The van der Waals surface area contributed by atoms with Crippen LogP contribution in [0.25, 0.3) is 0 Å². The van der Waals surface area contributed by atoms with E-state index in [2.05, 4.69) is 34.3 Å². The zero-order chi connectivity index (χ0) is 21.9. The molecule has 0 aliphatic carbocycles. The van der Waals surface area contributed by atoms with Crippen molar-refractivity contribution in [3.05, 3.63) is 59.7 Å². The van der Waals surface area contributed by atoms with Gasteiger partial charge in [0.25, 0.3) is 0 Å². The van der Waals surface area contributed by atoms with Crippen LogP contribution < -0.4 is 10.6 Å². The van der Waals surface area contributed by atoms with Gasteiger partial charge in [0, 0.05) is 34.3 Å². The highest BCUT2D eigenvalue weighted by atomic mass is 16.2. The quantitative estimate of drug-likeness (QED) is 0.666. The second-order valence-corrected chi connectivity index (χ2v) is 7.25. The largest absolute Gasteiger partial charge is 0.326 e. The van der Waals surface area contributed by atoms with Crippen molar-refractivity contribution in [2.45, 2.75) is 40.5 Å². The maximum atomic E-state index is 11.9. The molecule has 0 heterocycles. The molecule has 0 radical (unpaired) electrons. The molecule has 2 amide bonds. The Bertz CT molecular complexity index is 900. The Morgan fingerprint density at radius 3 is 1.33 bits per heavy atom. The molecule has 0 aliphatic rings. The highest BCUT2D eigenvalue weighted by molar-refractivity contribution is 5.92. The van der Waals surface area contributed by atoms with E-state index in [0.717, 1.165) is 35.3 Å². The Hall–Kier alpha value is -3.50. The Kier molecular flexibility index (Phi) is 8.73. The first-order valence-corrected chi connectivity index (χ1v) is 10.3. The van der Waals surface area contributed by atoms with Gasteiger partial charge in [0.1, 0.15) is 0 Å². The van der Waals surface area contributed by atoms with Crippen molar-refractivity contribution in [2.75, 3.05) is 10.6 Å². The van der Waals surface area contributed by atoms with E-state index >= 15 is 0 Å². The Labute approximate surface area is 179 Å². The summed E-state index contributed by atoms with van der Waals surface area (Å²) < 4.78 is 0. The standard InChI is InChI=1S/C26H28N2O2/c1-5-19(3)25(29)27-23-15-11-21(12-16-23)9-7-8-10-22-13-17-24(18-14-22)28-26(30)20(4)6-2/h11-20H,5-6H2,1-4H3,(H,27,29)(H,28,30)/t19-,20-/m0/s1. The van der Waals surface area contributed by atoms with Gasteiger partial charge in [-0.2, -0.15) is 0 Å². The van der Waals surface area contributed by atoms with Crippen LogP contribution in [-0.4, -0.2) is 11.8 Å². The molecule has 2 atom stereocenters. The van der Waals surface area contributed by atoms with Gasteiger partial charge in [-0.1, -0.05) is 39.5 Å². The van der Waals surface area contributed by atoms with Gasteiger partial charge in [-0.15, -0.1) is 0 Å². The van der Waals surface area contributed by atoms with Gasteiger partial charge < -0.3 is 10.6 Å². The Morgan fingerprint density at radius 1 is 0.700 bits per heavy atom. The van der Waals surface area contributed by atoms with Crippen LogP contribution in [0.4, 0.5) is 11.4 Å². The zero-order valence-corrected chi connectivity index (χ0v) is 18.0. The number of benzene rings is 2. The first-order valence-electron chi connectivity index (χ1n) is 10.3. The third-order valence-electron chi connectivity index (χ3n) is 4.90. The number of carbonyl (C=O) groups is 2. The summed E-state index contributed by atoms with van der Waals surface area (Å²) in [7, 11) is 0. The molecule has 2 rings (SSSR count). The molecular formula is C26H28N2O2. The van der Waals surface area contributed by atoms with E-state index in [1.165, 1.54) is 0 Å². The van der Waals surface area contributed by atoms with Crippen molar-refractivity contribution in [3.8, 4) is 23.7 Å². The van der Waals surface area contributed by atoms with Crippen molar-refractivity contribution in [1.29, 1.82) is 0 Å². The van der Waals surface area contributed by atoms with Gasteiger partial charge in [0.15, 0.2) is 0 Å². The van der Waals surface area contributed by atoms with E-state index < -0.39 is 0 Å². The molecule has 4 heteroatoms. The summed E-state index contributed by atoms with van der Waals surface area (Å²) in [5.74, 6) is 11.7. The number of hydrogen-bond acceptors (Lipinski definition) is 2. The normalized spacial score (nSPS) is 11.7. The number of carbonyl (C=O) groups excluding carboxylic acids is 2. The lowest BCUT2D eigenvalue weighted by Gasteiger charge is -2.09. The minimum atomic E-state index is -0.00928. The molecule has 0 saturated heterocycles. The van der Waals surface area contributed by atoms with Crippen LogP contribution in [-0.2, 0) is 9.59 Å². The van der Waals surface area contributed by atoms with E-state index in [1.54, 1.807) is 0 Å². The summed E-state index contributed by atoms with van der Waals surface area (Å²) in [6, 6.07) is 14.8. The molecule has 0 spiro atoms. The second kappa shape index (κ2) is 11.5. The lowest BCUT2D eigenvalue weighted by atomic mass is 10.1. The first-order chi connectivity index (χ1) is 14.4. The van der Waals surface area contributed by atoms with Crippen LogP contribution in [0.15, 0.2) is 48.5 Å². The van der Waals surface area contributed by atoms with Crippen LogP contribution in [0, 0.1) is 35.5 Å². The average molecular weight is 401 g/mol. The summed E-state index contributed by atoms with van der Waals surface area (Å²) in [6.07, 6.45) is 1.62. The number of amides is 2. The van der Waals surface area contributed by atoms with Crippen LogP contribution in [0.1, 0.15) is 51.7 Å². The zero-order valence-electron chi connectivity index (χ0n) is 18.0. The molecule has 0 saturated carbocycles. The first kappa shape index (κ1) is 22.8. The van der Waals surface area contributed by atoms with Gasteiger partial charge in [0.2, 0.25) is 11.8 Å². The summed E-state index contributed by atoms with van der Waals surface area (Å²) in [5.41, 5.74) is 3.18. The van der Waals surface area contributed by atoms with Crippen LogP contribution in [0.2, 0.25) is 0 Å². The summed E-state index contributed by atoms with van der Waals surface area (Å²) >= 11 is 0. The number of anilines is 2. The molecule has 4 nitrogen and oxygen atoms in total. The van der Waals surface area contributed by atoms with Crippen LogP contribution >= 0.6 is 0 Å². The summed E-state index contributed by atoms with van der Waals surface area (Å²) in [5, 5.41) is 5.79. The van der Waals surface area contributed by atoms with Crippen molar-refractivity contribution in [2.24, 2.45) is 11.8 Å². The van der Waals surface area contributed by atoms with Crippen molar-refractivity contribution < 1.29 is 9.59 Å². The molecule has 2 aromatic carbocycles. The predicted molar refractivity (Wildman–Crippen MR) is 123 cm³/mol. The van der Waals surface area contributed by atoms with E-state index in [9.17, 15) is 9.59 Å². The molecule has 154 valence electrons. The van der Waals surface area contributed by atoms with Gasteiger partial charge >= 0.3 is 0 Å². The maximum Gasteiger partial charge on any atom is 0.227 e. The molecular weight excluding hydrogens is 372 g/mol. The molecule has 0 aliphatic heterocycles. The Balaban J connectivity index is 1.93. The van der Waals surface area contributed by atoms with Gasteiger partial charge in [0.05, 0.1) is 0 Å². The molecule has 2 aromatic rings. The number of rotatable bonds is 6. The van der Waals surface area contributed by atoms with Crippen molar-refractivity contribution in [3.63, 3.8) is 0 Å². The fraction of sp³-hybridized carbons (Fsp3) is 0.308. The average Bonchev–Trinajstić information content (AvgIpc) is 2.77. The second-order valence-electron chi connectivity index (χ2n) is 7.25. The molecule has 0 aromatic heterocycles. The lowest BCUT2D eigenvalue weighted by Crippen LogP contribution is -2.19. The van der Waals surface area contributed by atoms with Crippen LogP contribution in [0.3, 0.4) is 0 Å². The Morgan fingerprint density at radius 2 is 1.03 bits per heavy atom. The SMILES string of the molecule is CC[C@H](C)C(=O)Nc1ccc(C#CC#Cc2ccc(NC(=O)[C@@H](C)CC)cc2)cc1. The summed E-state index contributed by atoms with van der Waals surface area (Å²) in [6.45, 7) is 7.79. The third kappa shape index (κ3) is 7.15. The molecule has 0 fully saturated rings. The predicted octanol–water partition coefficient (Wildman–Crippen LogP) is 5.06. The maximum absolute atomic E-state index is 11.9. The van der Waals surface area contributed by atoms with Gasteiger partial charge in [-0.05, 0) is 73.2 Å². The van der Waals surface area contributed by atoms with Gasteiger partial charge in [-0.25, -0.2) is 0 Å². The topological polar surface area (TPSA) is 58.2 Å². The minimum absolute atomic E-state index is 0.00928. The van der Waals surface area contributed by atoms with Crippen LogP contribution in [0.5, 0.6) is 0 Å². The monoisotopic (exact) mass is 400 g/mol. The lowest BCUT2D eigenvalue weighted by molar-refractivity contribution is -0.120. The molecule has 2 N–H and O–H groups in total. The molecule has 30 heavy (non-hydrogen) atoms.